The lowest BCUT2D eigenvalue weighted by atomic mass is 9.88. The minimum absolute atomic E-state index is 0.274. The predicted molar refractivity (Wildman–Crippen MR) is 68.7 cm³/mol. The first-order valence-corrected chi connectivity index (χ1v) is 6.07. The SMILES string of the molecule is CN(Cc1ccc(C(=O)O)cc1)CC1(C)COC1. The van der Waals surface area contributed by atoms with Crippen molar-refractivity contribution >= 4 is 5.97 Å². The van der Waals surface area contributed by atoms with Crippen molar-refractivity contribution < 1.29 is 14.6 Å². The zero-order valence-electron chi connectivity index (χ0n) is 10.8. The third kappa shape index (κ3) is 3.09. The van der Waals surface area contributed by atoms with Crippen molar-refractivity contribution in [1.82, 2.24) is 4.90 Å². The molecule has 4 heteroatoms. The Balaban J connectivity index is 1.90. The molecule has 0 radical (unpaired) electrons. The van der Waals surface area contributed by atoms with E-state index in [9.17, 15) is 4.79 Å². The fourth-order valence-electron chi connectivity index (χ4n) is 2.31. The Hall–Kier alpha value is -1.39. The van der Waals surface area contributed by atoms with Gasteiger partial charge in [-0.05, 0) is 24.7 Å². The van der Waals surface area contributed by atoms with Gasteiger partial charge in [0.15, 0.2) is 0 Å². The average molecular weight is 249 g/mol. The van der Waals surface area contributed by atoms with Gasteiger partial charge in [0, 0.05) is 18.5 Å². The van der Waals surface area contributed by atoms with Crippen molar-refractivity contribution in [2.75, 3.05) is 26.8 Å². The van der Waals surface area contributed by atoms with E-state index < -0.39 is 5.97 Å². The van der Waals surface area contributed by atoms with Crippen LogP contribution in [-0.2, 0) is 11.3 Å². The van der Waals surface area contributed by atoms with Gasteiger partial charge in [0.2, 0.25) is 0 Å². The van der Waals surface area contributed by atoms with Crippen LogP contribution in [0.5, 0.6) is 0 Å². The van der Waals surface area contributed by atoms with E-state index in [0.29, 0.717) is 5.56 Å². The molecule has 0 bridgehead atoms. The minimum Gasteiger partial charge on any atom is -0.478 e. The summed E-state index contributed by atoms with van der Waals surface area (Å²) >= 11 is 0. The molecular weight excluding hydrogens is 230 g/mol. The lowest BCUT2D eigenvalue weighted by Crippen LogP contribution is -2.47. The predicted octanol–water partition coefficient (Wildman–Crippen LogP) is 1.85. The molecule has 0 aromatic heterocycles. The number of rotatable bonds is 5. The van der Waals surface area contributed by atoms with Crippen molar-refractivity contribution in [2.45, 2.75) is 13.5 Å². The molecule has 18 heavy (non-hydrogen) atoms. The van der Waals surface area contributed by atoms with Crippen LogP contribution in [0.2, 0.25) is 0 Å². The van der Waals surface area contributed by atoms with E-state index in [0.717, 1.165) is 31.9 Å². The zero-order chi connectivity index (χ0) is 13.2. The molecule has 0 amide bonds. The number of nitrogens with zero attached hydrogens (tertiary/aromatic N) is 1. The molecule has 4 nitrogen and oxygen atoms in total. The lowest BCUT2D eigenvalue weighted by Gasteiger charge is -2.40. The summed E-state index contributed by atoms with van der Waals surface area (Å²) in [6.07, 6.45) is 0. The van der Waals surface area contributed by atoms with Crippen molar-refractivity contribution in [1.29, 1.82) is 0 Å². The van der Waals surface area contributed by atoms with Gasteiger partial charge in [-0.2, -0.15) is 0 Å². The number of aromatic carboxylic acids is 1. The number of ether oxygens (including phenoxy) is 1. The van der Waals surface area contributed by atoms with Gasteiger partial charge < -0.3 is 14.7 Å². The van der Waals surface area contributed by atoms with Gasteiger partial charge in [-0.1, -0.05) is 19.1 Å². The van der Waals surface area contributed by atoms with E-state index in [1.165, 1.54) is 0 Å². The van der Waals surface area contributed by atoms with Gasteiger partial charge >= 0.3 is 5.97 Å². The monoisotopic (exact) mass is 249 g/mol. The minimum atomic E-state index is -0.881. The molecule has 1 aromatic rings. The zero-order valence-corrected chi connectivity index (χ0v) is 10.8. The standard InChI is InChI=1S/C14H19NO3/c1-14(9-18-10-14)8-15(2)7-11-3-5-12(6-4-11)13(16)17/h3-6H,7-10H2,1-2H3,(H,16,17). The van der Waals surface area contributed by atoms with Crippen LogP contribution < -0.4 is 0 Å². The van der Waals surface area contributed by atoms with E-state index in [1.807, 2.05) is 12.1 Å². The third-order valence-electron chi connectivity index (χ3n) is 3.21. The molecule has 0 unspecified atom stereocenters. The topological polar surface area (TPSA) is 49.8 Å². The molecule has 0 spiro atoms. The summed E-state index contributed by atoms with van der Waals surface area (Å²) in [6.45, 7) is 5.70. The summed E-state index contributed by atoms with van der Waals surface area (Å²) in [5, 5.41) is 8.83. The highest BCUT2D eigenvalue weighted by Gasteiger charge is 2.34. The Morgan fingerprint density at radius 1 is 1.39 bits per heavy atom. The Morgan fingerprint density at radius 2 is 2.00 bits per heavy atom. The van der Waals surface area contributed by atoms with E-state index >= 15 is 0 Å². The number of benzene rings is 1. The molecule has 1 aliphatic rings. The fraction of sp³-hybridized carbons (Fsp3) is 0.500. The van der Waals surface area contributed by atoms with Crippen molar-refractivity contribution in [3.8, 4) is 0 Å². The Bertz CT molecular complexity index is 423. The second-order valence-electron chi connectivity index (χ2n) is 5.48. The molecule has 0 aliphatic carbocycles. The van der Waals surface area contributed by atoms with Crippen LogP contribution in [0.4, 0.5) is 0 Å². The molecule has 1 saturated heterocycles. The van der Waals surface area contributed by atoms with E-state index in [2.05, 4.69) is 18.9 Å². The molecular formula is C14H19NO3. The molecule has 1 N–H and O–H groups in total. The summed E-state index contributed by atoms with van der Waals surface area (Å²) in [4.78, 5) is 13.0. The highest BCUT2D eigenvalue weighted by molar-refractivity contribution is 5.87. The van der Waals surface area contributed by atoms with Gasteiger partial charge in [0.1, 0.15) is 0 Å². The van der Waals surface area contributed by atoms with Crippen LogP contribution in [0.15, 0.2) is 24.3 Å². The second kappa shape index (κ2) is 5.08. The highest BCUT2D eigenvalue weighted by atomic mass is 16.5. The van der Waals surface area contributed by atoms with E-state index in [-0.39, 0.29) is 5.41 Å². The second-order valence-corrected chi connectivity index (χ2v) is 5.48. The van der Waals surface area contributed by atoms with Gasteiger partial charge in [0.05, 0.1) is 18.8 Å². The molecule has 0 saturated carbocycles. The summed E-state index contributed by atoms with van der Waals surface area (Å²) in [6, 6.07) is 7.05. The highest BCUT2D eigenvalue weighted by Crippen LogP contribution is 2.27. The summed E-state index contributed by atoms with van der Waals surface area (Å²) in [7, 11) is 2.08. The summed E-state index contributed by atoms with van der Waals surface area (Å²) < 4.78 is 5.24. The van der Waals surface area contributed by atoms with E-state index in [1.54, 1.807) is 12.1 Å². The first kappa shape index (κ1) is 13.1. The number of carboxylic acid groups (broad SMARTS) is 1. The lowest BCUT2D eigenvalue weighted by molar-refractivity contribution is -0.113. The number of carbonyl (C=O) groups is 1. The maximum Gasteiger partial charge on any atom is 0.335 e. The van der Waals surface area contributed by atoms with Crippen molar-refractivity contribution in [3.63, 3.8) is 0 Å². The molecule has 1 aromatic carbocycles. The van der Waals surface area contributed by atoms with Crippen molar-refractivity contribution in [3.05, 3.63) is 35.4 Å². The van der Waals surface area contributed by atoms with Crippen LogP contribution in [0.3, 0.4) is 0 Å². The average Bonchev–Trinajstić information content (AvgIpc) is 2.27. The van der Waals surface area contributed by atoms with Crippen LogP contribution in [0, 0.1) is 5.41 Å². The fourth-order valence-corrected chi connectivity index (χ4v) is 2.31. The molecule has 98 valence electrons. The van der Waals surface area contributed by atoms with Gasteiger partial charge in [-0.3, -0.25) is 0 Å². The van der Waals surface area contributed by atoms with Crippen LogP contribution in [-0.4, -0.2) is 42.8 Å². The maximum atomic E-state index is 10.7. The molecule has 0 atom stereocenters. The Kier molecular flexibility index (Phi) is 3.68. The first-order valence-electron chi connectivity index (χ1n) is 6.07. The van der Waals surface area contributed by atoms with Gasteiger partial charge in [-0.15, -0.1) is 0 Å². The quantitative estimate of drug-likeness (QED) is 0.865. The van der Waals surface area contributed by atoms with Gasteiger partial charge in [0.25, 0.3) is 0 Å². The number of hydrogen-bond acceptors (Lipinski definition) is 3. The summed E-state index contributed by atoms with van der Waals surface area (Å²) in [5.74, 6) is -0.881. The number of carboxylic acids is 1. The van der Waals surface area contributed by atoms with E-state index in [4.69, 9.17) is 9.84 Å². The van der Waals surface area contributed by atoms with Crippen LogP contribution >= 0.6 is 0 Å². The van der Waals surface area contributed by atoms with Crippen LogP contribution in [0.25, 0.3) is 0 Å². The third-order valence-corrected chi connectivity index (χ3v) is 3.21. The largest absolute Gasteiger partial charge is 0.478 e. The van der Waals surface area contributed by atoms with Crippen molar-refractivity contribution in [2.24, 2.45) is 5.41 Å². The Labute approximate surface area is 107 Å². The molecule has 1 aliphatic heterocycles. The maximum absolute atomic E-state index is 10.7. The van der Waals surface area contributed by atoms with Crippen LogP contribution in [0.1, 0.15) is 22.8 Å². The smallest absolute Gasteiger partial charge is 0.335 e. The summed E-state index contributed by atoms with van der Waals surface area (Å²) in [5.41, 5.74) is 1.74. The normalized spacial score (nSPS) is 17.5. The van der Waals surface area contributed by atoms with Gasteiger partial charge in [-0.25, -0.2) is 4.79 Å². The molecule has 1 fully saturated rings. The number of hydrogen-bond donors (Lipinski definition) is 1. The molecule has 2 rings (SSSR count). The first-order chi connectivity index (χ1) is 8.48. The molecule has 1 heterocycles. The Morgan fingerprint density at radius 3 is 2.44 bits per heavy atom.